The molecule has 0 bridgehead atoms. The number of hydrogen-bond acceptors (Lipinski definition) is 3. The lowest BCUT2D eigenvalue weighted by molar-refractivity contribution is 0.481. The second-order valence-corrected chi connectivity index (χ2v) is 5.83. The molecule has 0 radical (unpaired) electrons. The summed E-state index contributed by atoms with van der Waals surface area (Å²) in [6.45, 7) is 9.03. The Morgan fingerprint density at radius 3 is 2.81 bits per heavy atom. The number of hydrogen-bond donors (Lipinski definition) is 1. The summed E-state index contributed by atoms with van der Waals surface area (Å²) in [7, 11) is 0. The lowest BCUT2D eigenvalue weighted by atomic mass is 10.2. The first-order chi connectivity index (χ1) is 10.1. The molecular weight excluding hydrogens is 286 g/mol. The summed E-state index contributed by atoms with van der Waals surface area (Å²) in [5.41, 5.74) is 1.15. The lowest BCUT2D eigenvalue weighted by Crippen LogP contribution is -2.18. The van der Waals surface area contributed by atoms with E-state index in [4.69, 9.17) is 16.3 Å². The minimum Gasteiger partial charge on any atom is -0.452 e. The molecule has 0 saturated carbocycles. The SMILES string of the molecule is CCn1cc(Oc2ccc(CNCC(C)C)cc2Cl)cn1. The summed E-state index contributed by atoms with van der Waals surface area (Å²) in [5.74, 6) is 1.99. The molecule has 1 heterocycles. The molecule has 2 aromatic rings. The number of halogens is 1. The number of nitrogens with one attached hydrogen (secondary N) is 1. The highest BCUT2D eigenvalue weighted by molar-refractivity contribution is 6.32. The van der Waals surface area contributed by atoms with Crippen LogP contribution in [-0.4, -0.2) is 16.3 Å². The second kappa shape index (κ2) is 7.48. The van der Waals surface area contributed by atoms with Crippen LogP contribution in [0.25, 0.3) is 0 Å². The summed E-state index contributed by atoms with van der Waals surface area (Å²) < 4.78 is 7.57. The van der Waals surface area contributed by atoms with Gasteiger partial charge in [-0.25, -0.2) is 0 Å². The van der Waals surface area contributed by atoms with Gasteiger partial charge in [0.2, 0.25) is 0 Å². The lowest BCUT2D eigenvalue weighted by Gasteiger charge is -2.10. The smallest absolute Gasteiger partial charge is 0.165 e. The van der Waals surface area contributed by atoms with Crippen molar-refractivity contribution in [2.75, 3.05) is 6.54 Å². The van der Waals surface area contributed by atoms with Gasteiger partial charge in [-0.3, -0.25) is 4.68 Å². The van der Waals surface area contributed by atoms with Gasteiger partial charge < -0.3 is 10.1 Å². The molecule has 0 aliphatic carbocycles. The van der Waals surface area contributed by atoms with Crippen molar-refractivity contribution in [1.82, 2.24) is 15.1 Å². The van der Waals surface area contributed by atoms with Crippen molar-refractivity contribution in [2.24, 2.45) is 5.92 Å². The van der Waals surface area contributed by atoms with Crippen LogP contribution < -0.4 is 10.1 Å². The van der Waals surface area contributed by atoms with Crippen LogP contribution >= 0.6 is 11.6 Å². The molecular formula is C16H22ClN3O. The van der Waals surface area contributed by atoms with Crippen molar-refractivity contribution in [2.45, 2.75) is 33.9 Å². The molecule has 114 valence electrons. The molecule has 0 aliphatic heterocycles. The molecule has 0 saturated heterocycles. The summed E-state index contributed by atoms with van der Waals surface area (Å²) in [6, 6.07) is 5.87. The van der Waals surface area contributed by atoms with E-state index >= 15 is 0 Å². The highest BCUT2D eigenvalue weighted by Crippen LogP contribution is 2.29. The quantitative estimate of drug-likeness (QED) is 0.837. The van der Waals surface area contributed by atoms with E-state index < -0.39 is 0 Å². The third-order valence-electron chi connectivity index (χ3n) is 3.04. The molecule has 4 nitrogen and oxygen atoms in total. The third-order valence-corrected chi connectivity index (χ3v) is 3.33. The van der Waals surface area contributed by atoms with Gasteiger partial charge in [0.05, 0.1) is 17.4 Å². The Labute approximate surface area is 131 Å². The van der Waals surface area contributed by atoms with E-state index in [9.17, 15) is 0 Å². The maximum absolute atomic E-state index is 6.28. The summed E-state index contributed by atoms with van der Waals surface area (Å²) in [6.07, 6.45) is 3.55. The maximum atomic E-state index is 6.28. The van der Waals surface area contributed by atoms with Crippen molar-refractivity contribution in [3.8, 4) is 11.5 Å². The first-order valence-corrected chi connectivity index (χ1v) is 7.65. The molecule has 1 aromatic heterocycles. The van der Waals surface area contributed by atoms with Gasteiger partial charge >= 0.3 is 0 Å². The Hall–Kier alpha value is -1.52. The van der Waals surface area contributed by atoms with E-state index in [-0.39, 0.29) is 0 Å². The van der Waals surface area contributed by atoms with Crippen LogP contribution in [-0.2, 0) is 13.1 Å². The molecule has 0 fully saturated rings. The van der Waals surface area contributed by atoms with E-state index in [2.05, 4.69) is 24.3 Å². The van der Waals surface area contributed by atoms with Crippen molar-refractivity contribution in [1.29, 1.82) is 0 Å². The van der Waals surface area contributed by atoms with E-state index in [1.165, 1.54) is 0 Å². The zero-order chi connectivity index (χ0) is 15.2. The Balaban J connectivity index is 1.98. The fourth-order valence-electron chi connectivity index (χ4n) is 1.94. The van der Waals surface area contributed by atoms with Crippen LogP contribution in [0.5, 0.6) is 11.5 Å². The van der Waals surface area contributed by atoms with Gasteiger partial charge in [0.1, 0.15) is 5.75 Å². The molecule has 0 amide bonds. The highest BCUT2D eigenvalue weighted by Gasteiger charge is 2.06. The Kier molecular flexibility index (Phi) is 5.65. The van der Waals surface area contributed by atoms with E-state index in [0.29, 0.717) is 22.4 Å². The zero-order valence-corrected chi connectivity index (χ0v) is 13.5. The average Bonchev–Trinajstić information content (AvgIpc) is 2.89. The largest absolute Gasteiger partial charge is 0.452 e. The molecule has 0 spiro atoms. The predicted molar refractivity (Wildman–Crippen MR) is 86.0 cm³/mol. The molecule has 1 aromatic carbocycles. The van der Waals surface area contributed by atoms with Crippen LogP contribution in [0.1, 0.15) is 26.3 Å². The highest BCUT2D eigenvalue weighted by atomic mass is 35.5. The van der Waals surface area contributed by atoms with Gasteiger partial charge in [-0.1, -0.05) is 31.5 Å². The second-order valence-electron chi connectivity index (χ2n) is 5.42. The number of nitrogens with zero attached hydrogens (tertiary/aromatic N) is 2. The predicted octanol–water partition coefficient (Wildman–Crippen LogP) is 4.09. The molecule has 5 heteroatoms. The minimum absolute atomic E-state index is 0.614. The van der Waals surface area contributed by atoms with Gasteiger partial charge in [0.25, 0.3) is 0 Å². The van der Waals surface area contributed by atoms with E-state index in [1.54, 1.807) is 6.20 Å². The molecule has 0 atom stereocenters. The van der Waals surface area contributed by atoms with Crippen molar-refractivity contribution >= 4 is 11.6 Å². The Bertz CT molecular complexity index is 581. The number of benzene rings is 1. The van der Waals surface area contributed by atoms with E-state index in [0.717, 1.165) is 25.2 Å². The topological polar surface area (TPSA) is 39.1 Å². The van der Waals surface area contributed by atoms with Gasteiger partial charge in [-0.15, -0.1) is 0 Å². The zero-order valence-electron chi connectivity index (χ0n) is 12.8. The van der Waals surface area contributed by atoms with Crippen LogP contribution in [0.3, 0.4) is 0 Å². The fraction of sp³-hybridized carbons (Fsp3) is 0.438. The van der Waals surface area contributed by atoms with Crippen molar-refractivity contribution in [3.63, 3.8) is 0 Å². The monoisotopic (exact) mass is 307 g/mol. The molecule has 0 unspecified atom stereocenters. The van der Waals surface area contributed by atoms with Crippen molar-refractivity contribution < 1.29 is 4.74 Å². The minimum atomic E-state index is 0.614. The fourth-order valence-corrected chi connectivity index (χ4v) is 2.18. The molecule has 0 aliphatic rings. The maximum Gasteiger partial charge on any atom is 0.165 e. The van der Waals surface area contributed by atoms with Crippen LogP contribution in [0, 0.1) is 5.92 Å². The van der Waals surface area contributed by atoms with Gasteiger partial charge in [-0.2, -0.15) is 5.10 Å². The first-order valence-electron chi connectivity index (χ1n) is 7.28. The normalized spacial score (nSPS) is 11.1. The number of aromatic nitrogens is 2. The summed E-state index contributed by atoms with van der Waals surface area (Å²) in [5, 5.41) is 8.18. The number of ether oxygens (including phenoxy) is 1. The van der Waals surface area contributed by atoms with Gasteiger partial charge in [0, 0.05) is 13.1 Å². The molecule has 2 rings (SSSR count). The molecule has 1 N–H and O–H groups in total. The van der Waals surface area contributed by atoms with E-state index in [1.807, 2.05) is 36.0 Å². The third kappa shape index (κ3) is 4.76. The Morgan fingerprint density at radius 1 is 1.38 bits per heavy atom. The van der Waals surface area contributed by atoms with Gasteiger partial charge in [0.15, 0.2) is 5.75 Å². The first kappa shape index (κ1) is 15.9. The van der Waals surface area contributed by atoms with Gasteiger partial charge in [-0.05, 0) is 37.1 Å². The number of aryl methyl sites for hydroxylation is 1. The van der Waals surface area contributed by atoms with Crippen molar-refractivity contribution in [3.05, 3.63) is 41.2 Å². The van der Waals surface area contributed by atoms with Crippen LogP contribution in [0.4, 0.5) is 0 Å². The summed E-state index contributed by atoms with van der Waals surface area (Å²) in [4.78, 5) is 0. The Morgan fingerprint density at radius 2 is 2.19 bits per heavy atom. The van der Waals surface area contributed by atoms with Crippen LogP contribution in [0.2, 0.25) is 5.02 Å². The standard InChI is InChI=1S/C16H22ClN3O/c1-4-20-11-14(10-19-20)21-16-6-5-13(7-15(16)17)9-18-8-12(2)3/h5-7,10-12,18H,4,8-9H2,1-3H3. The van der Waals surface area contributed by atoms with Crippen LogP contribution in [0.15, 0.2) is 30.6 Å². The number of rotatable bonds is 7. The average molecular weight is 308 g/mol. The molecule has 21 heavy (non-hydrogen) atoms. The summed E-state index contributed by atoms with van der Waals surface area (Å²) >= 11 is 6.28.